The molecule has 1 aliphatic carbocycles. The van der Waals surface area contributed by atoms with E-state index in [1.807, 2.05) is 0 Å². The lowest BCUT2D eigenvalue weighted by Gasteiger charge is -2.37. The number of benzene rings is 1. The molecule has 0 radical (unpaired) electrons. The predicted octanol–water partition coefficient (Wildman–Crippen LogP) is 1.28. The van der Waals surface area contributed by atoms with E-state index in [-0.39, 0.29) is 29.7 Å². The van der Waals surface area contributed by atoms with Crippen LogP contribution in [-0.4, -0.2) is 39.8 Å². The number of rotatable bonds is 5. The fourth-order valence-electron chi connectivity index (χ4n) is 3.89. The maximum Gasteiger partial charge on any atom is 0.255 e. The summed E-state index contributed by atoms with van der Waals surface area (Å²) in [6.07, 6.45) is 4.12. The minimum atomic E-state index is -0.741. The zero-order chi connectivity index (χ0) is 21.3. The van der Waals surface area contributed by atoms with Crippen LogP contribution in [-0.2, 0) is 14.4 Å². The fourth-order valence-corrected chi connectivity index (χ4v) is 3.89. The molecule has 2 atom stereocenters. The summed E-state index contributed by atoms with van der Waals surface area (Å²) < 4.78 is 1.51. The van der Waals surface area contributed by atoms with Gasteiger partial charge in [0.2, 0.25) is 17.7 Å². The van der Waals surface area contributed by atoms with E-state index in [2.05, 4.69) is 5.32 Å². The molecule has 2 unspecified atom stereocenters. The zero-order valence-electron chi connectivity index (χ0n) is 16.5. The van der Waals surface area contributed by atoms with Crippen LogP contribution in [0.5, 0.6) is 0 Å². The summed E-state index contributed by atoms with van der Waals surface area (Å²) in [4.78, 5) is 50.5. The van der Waals surface area contributed by atoms with Crippen molar-refractivity contribution in [1.82, 2.24) is 9.47 Å². The summed E-state index contributed by atoms with van der Waals surface area (Å²) in [5.74, 6) is -1.19. The number of likely N-dealkylation sites (tertiary alicyclic amines) is 1. The Morgan fingerprint density at radius 1 is 0.967 bits per heavy atom. The highest BCUT2D eigenvalue weighted by molar-refractivity contribution is 5.94. The third-order valence-electron chi connectivity index (χ3n) is 5.75. The molecule has 8 heteroatoms. The van der Waals surface area contributed by atoms with Crippen LogP contribution in [0.1, 0.15) is 25.7 Å². The number of nitrogens with one attached hydrogen (secondary N) is 1. The molecule has 1 aliphatic heterocycles. The van der Waals surface area contributed by atoms with Gasteiger partial charge in [0.05, 0.1) is 0 Å². The fraction of sp³-hybridized carbons (Fsp3) is 0.364. The maximum absolute atomic E-state index is 12.7. The number of anilines is 1. The number of nitrogens with zero attached hydrogens (tertiary/aromatic N) is 2. The first-order valence-corrected chi connectivity index (χ1v) is 10.1. The van der Waals surface area contributed by atoms with Crippen molar-refractivity contribution in [3.8, 4) is 5.69 Å². The van der Waals surface area contributed by atoms with Crippen molar-refractivity contribution in [3.63, 3.8) is 0 Å². The van der Waals surface area contributed by atoms with E-state index in [0.29, 0.717) is 24.3 Å². The molecule has 1 saturated carbocycles. The highest BCUT2D eigenvalue weighted by atomic mass is 16.2. The Balaban J connectivity index is 1.41. The van der Waals surface area contributed by atoms with Crippen LogP contribution in [0.25, 0.3) is 5.69 Å². The number of pyridine rings is 1. The topological polar surface area (TPSA) is 114 Å². The summed E-state index contributed by atoms with van der Waals surface area (Å²) in [6, 6.07) is 11.1. The highest BCUT2D eigenvalue weighted by Gasteiger charge is 2.42. The Hall–Kier alpha value is -3.42. The van der Waals surface area contributed by atoms with Gasteiger partial charge in [-0.05, 0) is 56.0 Å². The van der Waals surface area contributed by atoms with Gasteiger partial charge in [0.15, 0.2) is 0 Å². The molecule has 2 fully saturated rings. The van der Waals surface area contributed by atoms with Crippen molar-refractivity contribution < 1.29 is 14.4 Å². The lowest BCUT2D eigenvalue weighted by molar-refractivity contribution is -0.144. The molecule has 8 nitrogen and oxygen atoms in total. The van der Waals surface area contributed by atoms with E-state index >= 15 is 0 Å². The second-order valence-electron chi connectivity index (χ2n) is 7.89. The smallest absolute Gasteiger partial charge is 0.255 e. The number of hydrogen-bond acceptors (Lipinski definition) is 4. The van der Waals surface area contributed by atoms with E-state index in [0.717, 1.165) is 12.8 Å². The van der Waals surface area contributed by atoms with Crippen molar-refractivity contribution in [2.45, 2.75) is 31.7 Å². The zero-order valence-corrected chi connectivity index (χ0v) is 16.5. The highest BCUT2D eigenvalue weighted by Crippen LogP contribution is 2.34. The Labute approximate surface area is 173 Å². The first kappa shape index (κ1) is 19.9. The number of primary amides is 1. The number of nitrogens with two attached hydrogens (primary N) is 1. The lowest BCUT2D eigenvalue weighted by Crippen LogP contribution is -2.54. The molecular weight excluding hydrogens is 384 g/mol. The maximum atomic E-state index is 12.7. The molecule has 1 aromatic carbocycles. The van der Waals surface area contributed by atoms with E-state index < -0.39 is 17.9 Å². The van der Waals surface area contributed by atoms with E-state index in [9.17, 15) is 19.2 Å². The van der Waals surface area contributed by atoms with Crippen molar-refractivity contribution in [2.24, 2.45) is 17.6 Å². The minimum Gasteiger partial charge on any atom is -0.368 e. The number of aromatic nitrogens is 1. The van der Waals surface area contributed by atoms with Crippen molar-refractivity contribution in [3.05, 3.63) is 59.0 Å². The van der Waals surface area contributed by atoms with Gasteiger partial charge in [-0.15, -0.1) is 0 Å². The van der Waals surface area contributed by atoms with E-state index in [1.165, 1.54) is 10.6 Å². The van der Waals surface area contributed by atoms with Crippen LogP contribution in [0.3, 0.4) is 0 Å². The Bertz CT molecular complexity index is 1030. The molecule has 0 bridgehead atoms. The average molecular weight is 408 g/mol. The van der Waals surface area contributed by atoms with Gasteiger partial charge in [-0.3, -0.25) is 23.7 Å². The standard InChI is InChI=1S/C22H24N4O4/c23-20(28)18-13-15(10-12-26(18)22(30)14-4-5-14)21(29)24-16-6-8-17(9-7-16)25-11-2-1-3-19(25)27/h1-3,6-9,11,14-15,18H,4-5,10,12-13H2,(H2,23,28)(H,24,29). The molecule has 1 saturated heterocycles. The monoisotopic (exact) mass is 408 g/mol. The molecule has 2 aliphatic rings. The van der Waals surface area contributed by atoms with Crippen LogP contribution in [0.4, 0.5) is 5.69 Å². The third kappa shape index (κ3) is 4.12. The van der Waals surface area contributed by atoms with Gasteiger partial charge < -0.3 is 16.0 Å². The van der Waals surface area contributed by atoms with Crippen LogP contribution >= 0.6 is 0 Å². The Morgan fingerprint density at radius 3 is 2.33 bits per heavy atom. The molecule has 0 spiro atoms. The van der Waals surface area contributed by atoms with Crippen molar-refractivity contribution in [1.29, 1.82) is 0 Å². The van der Waals surface area contributed by atoms with Crippen LogP contribution in [0.15, 0.2) is 53.5 Å². The number of carbonyl (C=O) groups is 3. The number of piperidine rings is 1. The van der Waals surface area contributed by atoms with Crippen LogP contribution < -0.4 is 16.6 Å². The average Bonchev–Trinajstić information content (AvgIpc) is 3.59. The summed E-state index contributed by atoms with van der Waals surface area (Å²) in [6.45, 7) is 0.358. The van der Waals surface area contributed by atoms with E-state index in [4.69, 9.17) is 5.73 Å². The van der Waals surface area contributed by atoms with Gasteiger partial charge in [-0.1, -0.05) is 6.07 Å². The van der Waals surface area contributed by atoms with Gasteiger partial charge in [0, 0.05) is 42.0 Å². The number of hydrogen-bond donors (Lipinski definition) is 2. The quantitative estimate of drug-likeness (QED) is 0.775. The molecule has 4 rings (SSSR count). The second kappa shape index (κ2) is 8.14. The molecule has 2 heterocycles. The minimum absolute atomic E-state index is 0.00728. The molecule has 30 heavy (non-hydrogen) atoms. The second-order valence-corrected chi connectivity index (χ2v) is 7.89. The van der Waals surface area contributed by atoms with Gasteiger partial charge in [0.1, 0.15) is 6.04 Å². The first-order chi connectivity index (χ1) is 14.4. The molecule has 3 amide bonds. The molecule has 1 aromatic heterocycles. The molecule has 156 valence electrons. The third-order valence-corrected chi connectivity index (χ3v) is 5.75. The summed E-state index contributed by atoms with van der Waals surface area (Å²) in [5, 5.41) is 2.86. The number of amides is 3. The largest absolute Gasteiger partial charge is 0.368 e. The van der Waals surface area contributed by atoms with E-state index in [1.54, 1.807) is 47.5 Å². The van der Waals surface area contributed by atoms with Gasteiger partial charge in [-0.25, -0.2) is 0 Å². The lowest BCUT2D eigenvalue weighted by atomic mass is 9.89. The molecule has 2 aromatic rings. The summed E-state index contributed by atoms with van der Waals surface area (Å²) >= 11 is 0. The SMILES string of the molecule is NC(=O)C1CC(C(=O)Nc2ccc(-n3ccccc3=O)cc2)CCN1C(=O)C1CC1. The van der Waals surface area contributed by atoms with Crippen molar-refractivity contribution in [2.75, 3.05) is 11.9 Å². The van der Waals surface area contributed by atoms with Crippen LogP contribution in [0.2, 0.25) is 0 Å². The normalized spacial score (nSPS) is 21.1. The Morgan fingerprint density at radius 2 is 1.70 bits per heavy atom. The number of carbonyl (C=O) groups excluding carboxylic acids is 3. The molecule has 3 N–H and O–H groups in total. The summed E-state index contributed by atoms with van der Waals surface area (Å²) in [7, 11) is 0. The van der Waals surface area contributed by atoms with Crippen molar-refractivity contribution >= 4 is 23.4 Å². The predicted molar refractivity (Wildman–Crippen MR) is 111 cm³/mol. The van der Waals surface area contributed by atoms with Gasteiger partial charge in [-0.2, -0.15) is 0 Å². The van der Waals surface area contributed by atoms with Gasteiger partial charge in [0.25, 0.3) is 5.56 Å². The summed E-state index contributed by atoms with van der Waals surface area (Å²) in [5.41, 5.74) is 6.67. The first-order valence-electron chi connectivity index (χ1n) is 10.1. The van der Waals surface area contributed by atoms with Gasteiger partial charge >= 0.3 is 0 Å². The molecular formula is C22H24N4O4. The van der Waals surface area contributed by atoms with Crippen LogP contribution in [0, 0.1) is 11.8 Å². The Kier molecular flexibility index (Phi) is 5.39.